The summed E-state index contributed by atoms with van der Waals surface area (Å²) in [5.74, 6) is -0.262. The highest BCUT2D eigenvalue weighted by atomic mass is 16.5. The summed E-state index contributed by atoms with van der Waals surface area (Å²) in [5.41, 5.74) is 5.83. The summed E-state index contributed by atoms with van der Waals surface area (Å²) in [6.45, 7) is 0.913. The molecule has 114 valence electrons. The first kappa shape index (κ1) is 15.3. The number of aliphatic hydroxyl groups is 1. The first-order valence-corrected chi connectivity index (χ1v) is 6.74. The molecule has 1 fully saturated rings. The molecule has 0 spiro atoms. The zero-order valence-electron chi connectivity index (χ0n) is 11.6. The number of hydrogen-bond donors (Lipinski definition) is 3. The van der Waals surface area contributed by atoms with Crippen LogP contribution < -0.4 is 11.1 Å². The number of amides is 3. The lowest BCUT2D eigenvalue weighted by Gasteiger charge is -2.34. The zero-order valence-corrected chi connectivity index (χ0v) is 11.6. The van der Waals surface area contributed by atoms with E-state index >= 15 is 0 Å². The van der Waals surface area contributed by atoms with Crippen LogP contribution in [0.3, 0.4) is 0 Å². The first-order chi connectivity index (χ1) is 10.1. The lowest BCUT2D eigenvalue weighted by molar-refractivity contribution is -0.142. The van der Waals surface area contributed by atoms with Crippen LogP contribution in [0, 0.1) is 0 Å². The van der Waals surface area contributed by atoms with E-state index in [4.69, 9.17) is 15.6 Å². The minimum absolute atomic E-state index is 0.150. The van der Waals surface area contributed by atoms with Crippen molar-refractivity contribution in [2.24, 2.45) is 5.73 Å². The third-order valence-electron chi connectivity index (χ3n) is 3.32. The molecular weight excluding hydrogens is 274 g/mol. The molecule has 1 heterocycles. The smallest absolute Gasteiger partial charge is 0.313 e. The van der Waals surface area contributed by atoms with E-state index in [1.165, 1.54) is 0 Å². The molecular formula is C14H19N3O4. The second-order valence-corrected chi connectivity index (χ2v) is 4.81. The molecule has 1 saturated heterocycles. The van der Waals surface area contributed by atoms with Crippen molar-refractivity contribution in [3.63, 3.8) is 0 Å². The van der Waals surface area contributed by atoms with E-state index < -0.39 is 18.2 Å². The monoisotopic (exact) mass is 293 g/mol. The van der Waals surface area contributed by atoms with Gasteiger partial charge in [-0.05, 0) is 5.56 Å². The normalized spacial score (nSPS) is 19.9. The van der Waals surface area contributed by atoms with Gasteiger partial charge in [-0.25, -0.2) is 4.79 Å². The predicted octanol–water partition coefficient (Wildman–Crippen LogP) is -0.384. The van der Waals surface area contributed by atoms with Gasteiger partial charge >= 0.3 is 6.03 Å². The summed E-state index contributed by atoms with van der Waals surface area (Å²) in [5, 5.41) is 11.6. The number of nitrogens with one attached hydrogen (secondary N) is 1. The van der Waals surface area contributed by atoms with E-state index in [2.05, 4.69) is 5.32 Å². The second kappa shape index (κ2) is 7.05. The van der Waals surface area contributed by atoms with Crippen molar-refractivity contribution in [3.8, 4) is 0 Å². The van der Waals surface area contributed by atoms with E-state index in [0.29, 0.717) is 25.3 Å². The first-order valence-electron chi connectivity index (χ1n) is 6.74. The van der Waals surface area contributed by atoms with Crippen LogP contribution in [0.25, 0.3) is 0 Å². The van der Waals surface area contributed by atoms with Gasteiger partial charge in [0.25, 0.3) is 0 Å². The number of nitrogens with two attached hydrogens (primary N) is 1. The van der Waals surface area contributed by atoms with E-state index in [0.717, 1.165) is 0 Å². The van der Waals surface area contributed by atoms with Gasteiger partial charge in [0.1, 0.15) is 6.04 Å². The molecule has 2 atom stereocenters. The van der Waals surface area contributed by atoms with Gasteiger partial charge in [-0.3, -0.25) is 4.79 Å². The Labute approximate surface area is 122 Å². The molecule has 0 aromatic heterocycles. The number of carbonyl (C=O) groups excluding carboxylic acids is 2. The van der Waals surface area contributed by atoms with Crippen LogP contribution in [0.5, 0.6) is 0 Å². The van der Waals surface area contributed by atoms with Gasteiger partial charge < -0.3 is 25.8 Å². The Kier molecular flexibility index (Phi) is 5.13. The molecule has 0 radical (unpaired) electrons. The van der Waals surface area contributed by atoms with Crippen molar-refractivity contribution < 1.29 is 19.4 Å². The van der Waals surface area contributed by atoms with Crippen LogP contribution in [-0.2, 0) is 9.53 Å². The van der Waals surface area contributed by atoms with Gasteiger partial charge in [0.05, 0.1) is 19.3 Å². The number of carbonyl (C=O) groups is 2. The molecule has 1 aliphatic rings. The Hall–Kier alpha value is -2.12. The number of rotatable bonds is 4. The topological polar surface area (TPSA) is 105 Å². The maximum absolute atomic E-state index is 12.6. The third-order valence-corrected chi connectivity index (χ3v) is 3.32. The van der Waals surface area contributed by atoms with Crippen molar-refractivity contribution in [2.75, 3.05) is 26.3 Å². The van der Waals surface area contributed by atoms with Crippen LogP contribution in [0.2, 0.25) is 0 Å². The predicted molar refractivity (Wildman–Crippen MR) is 75.3 cm³/mol. The molecule has 4 N–H and O–H groups in total. The number of benzene rings is 1. The number of primary amides is 1. The Morgan fingerprint density at radius 1 is 1.43 bits per heavy atom. The van der Waals surface area contributed by atoms with E-state index in [9.17, 15) is 9.59 Å². The highest BCUT2D eigenvalue weighted by Crippen LogP contribution is 2.17. The molecule has 2 unspecified atom stereocenters. The third kappa shape index (κ3) is 3.93. The highest BCUT2D eigenvalue weighted by Gasteiger charge is 2.30. The molecule has 2 rings (SSSR count). The molecule has 3 amide bonds. The zero-order chi connectivity index (χ0) is 15.2. The molecule has 21 heavy (non-hydrogen) atoms. The molecule has 7 nitrogen and oxygen atoms in total. The molecule has 1 aromatic rings. The van der Waals surface area contributed by atoms with Crippen LogP contribution in [0.15, 0.2) is 30.3 Å². The largest absolute Gasteiger partial charge is 0.394 e. The minimum atomic E-state index is -0.832. The summed E-state index contributed by atoms with van der Waals surface area (Å²) in [6.07, 6.45) is -0.396. The van der Waals surface area contributed by atoms with E-state index in [1.54, 1.807) is 29.2 Å². The number of hydrogen-bond acceptors (Lipinski definition) is 4. The lowest BCUT2D eigenvalue weighted by Crippen LogP contribution is -2.51. The number of ether oxygens (including phenoxy) is 1. The summed E-state index contributed by atoms with van der Waals surface area (Å²) in [7, 11) is 0. The van der Waals surface area contributed by atoms with E-state index in [-0.39, 0.29) is 12.5 Å². The number of nitrogens with zero attached hydrogens (tertiary/aromatic N) is 1. The van der Waals surface area contributed by atoms with Gasteiger partial charge in [0.2, 0.25) is 5.91 Å². The average molecular weight is 293 g/mol. The van der Waals surface area contributed by atoms with Crippen molar-refractivity contribution in [1.29, 1.82) is 0 Å². The summed E-state index contributed by atoms with van der Waals surface area (Å²) in [4.78, 5) is 25.3. The average Bonchev–Trinajstić information content (AvgIpc) is 2.52. The molecule has 0 aliphatic carbocycles. The van der Waals surface area contributed by atoms with Crippen LogP contribution in [0.1, 0.15) is 11.6 Å². The van der Waals surface area contributed by atoms with Gasteiger partial charge in [0, 0.05) is 13.1 Å². The Morgan fingerprint density at radius 3 is 2.76 bits per heavy atom. The van der Waals surface area contributed by atoms with Crippen LogP contribution >= 0.6 is 0 Å². The summed E-state index contributed by atoms with van der Waals surface area (Å²) in [6, 6.07) is 7.31. The quantitative estimate of drug-likeness (QED) is 0.703. The van der Waals surface area contributed by atoms with Gasteiger partial charge in [0.15, 0.2) is 0 Å². The molecule has 1 aromatic carbocycles. The highest BCUT2D eigenvalue weighted by molar-refractivity contribution is 5.87. The Bertz CT molecular complexity index is 494. The fraction of sp³-hybridized carbons (Fsp3) is 0.429. The SMILES string of the molecule is NC(=O)NC(C(=O)N1CCOC(CO)C1)c1ccccc1. The lowest BCUT2D eigenvalue weighted by atomic mass is 10.1. The van der Waals surface area contributed by atoms with Gasteiger partial charge in [-0.15, -0.1) is 0 Å². The van der Waals surface area contributed by atoms with Crippen LogP contribution in [0.4, 0.5) is 4.79 Å². The fourth-order valence-corrected chi connectivity index (χ4v) is 2.29. The Morgan fingerprint density at radius 2 is 2.14 bits per heavy atom. The maximum atomic E-state index is 12.6. The summed E-state index contributed by atoms with van der Waals surface area (Å²) < 4.78 is 5.32. The molecule has 1 aliphatic heterocycles. The van der Waals surface area contributed by atoms with Crippen molar-refractivity contribution in [2.45, 2.75) is 12.1 Å². The van der Waals surface area contributed by atoms with Crippen molar-refractivity contribution in [1.82, 2.24) is 10.2 Å². The van der Waals surface area contributed by atoms with Crippen LogP contribution in [-0.4, -0.2) is 54.4 Å². The summed E-state index contributed by atoms with van der Waals surface area (Å²) >= 11 is 0. The maximum Gasteiger partial charge on any atom is 0.313 e. The molecule has 0 bridgehead atoms. The van der Waals surface area contributed by atoms with Crippen molar-refractivity contribution >= 4 is 11.9 Å². The number of aliphatic hydroxyl groups excluding tert-OH is 1. The van der Waals surface area contributed by atoms with Gasteiger partial charge in [-0.1, -0.05) is 30.3 Å². The minimum Gasteiger partial charge on any atom is -0.394 e. The number of morpholine rings is 1. The van der Waals surface area contributed by atoms with Crippen molar-refractivity contribution in [3.05, 3.63) is 35.9 Å². The number of urea groups is 1. The fourth-order valence-electron chi connectivity index (χ4n) is 2.29. The molecule has 0 saturated carbocycles. The van der Waals surface area contributed by atoms with Gasteiger partial charge in [-0.2, -0.15) is 0 Å². The van der Waals surface area contributed by atoms with E-state index in [1.807, 2.05) is 6.07 Å². The standard InChI is InChI=1S/C14H19N3O4/c15-14(20)16-12(10-4-2-1-3-5-10)13(19)17-6-7-21-11(8-17)9-18/h1-5,11-12,18H,6-9H2,(H3,15,16,20). The molecule has 7 heteroatoms. The second-order valence-electron chi connectivity index (χ2n) is 4.81. The Balaban J connectivity index is 2.16.